The lowest BCUT2D eigenvalue weighted by atomic mass is 9.75. The molecule has 2 atom stereocenters. The Morgan fingerprint density at radius 3 is 2.31 bits per heavy atom. The lowest BCUT2D eigenvalue weighted by molar-refractivity contribution is 0.157. The van der Waals surface area contributed by atoms with Gasteiger partial charge in [0.05, 0.1) is 6.61 Å². The maximum Gasteiger partial charge on any atom is 0.172 e. The summed E-state index contributed by atoms with van der Waals surface area (Å²) in [7, 11) is 0. The molecule has 0 spiro atoms. The van der Waals surface area contributed by atoms with E-state index in [4.69, 9.17) is 4.74 Å². The molecule has 0 radical (unpaired) electrons. The second-order valence-corrected chi connectivity index (χ2v) is 9.82. The van der Waals surface area contributed by atoms with Crippen molar-refractivity contribution in [2.24, 2.45) is 5.92 Å². The van der Waals surface area contributed by atoms with Gasteiger partial charge < -0.3 is 4.74 Å². The van der Waals surface area contributed by atoms with Crippen molar-refractivity contribution in [3.8, 4) is 5.75 Å². The molecule has 2 unspecified atom stereocenters. The van der Waals surface area contributed by atoms with E-state index >= 15 is 8.78 Å². The van der Waals surface area contributed by atoms with Gasteiger partial charge in [0.15, 0.2) is 17.2 Å². The molecule has 0 amide bonds. The maximum absolute atomic E-state index is 16.7. The molecule has 1 nitrogen and oxygen atoms in total. The fourth-order valence-electron chi connectivity index (χ4n) is 5.32. The minimum Gasteiger partial charge on any atom is -0.490 e. The van der Waals surface area contributed by atoms with E-state index in [1.807, 2.05) is 48.6 Å². The third-order valence-corrected chi connectivity index (χ3v) is 7.33. The lowest BCUT2D eigenvalue weighted by Crippen LogP contribution is -2.29. The maximum atomic E-state index is 16.7. The zero-order valence-corrected chi connectivity index (χ0v) is 21.2. The Morgan fingerprint density at radius 1 is 0.771 bits per heavy atom. The Labute approximate surface area is 208 Å². The van der Waals surface area contributed by atoms with Crippen molar-refractivity contribution in [3.05, 3.63) is 78.1 Å². The van der Waals surface area contributed by atoms with Gasteiger partial charge in [-0.25, -0.2) is 8.78 Å². The smallest absolute Gasteiger partial charge is 0.172 e. The molecule has 3 aromatic rings. The number of fused-ring (bicyclic) bond motifs is 3. The zero-order valence-electron chi connectivity index (χ0n) is 21.2. The van der Waals surface area contributed by atoms with E-state index < -0.39 is 5.67 Å². The van der Waals surface area contributed by atoms with Gasteiger partial charge in [-0.2, -0.15) is 0 Å². The van der Waals surface area contributed by atoms with Crippen LogP contribution < -0.4 is 4.74 Å². The quantitative estimate of drug-likeness (QED) is 0.187. The van der Waals surface area contributed by atoms with E-state index in [0.29, 0.717) is 23.3 Å². The van der Waals surface area contributed by atoms with Crippen molar-refractivity contribution < 1.29 is 13.5 Å². The third kappa shape index (κ3) is 5.44. The molecular weight excluding hydrogens is 438 g/mol. The number of rotatable bonds is 12. The van der Waals surface area contributed by atoms with Crippen LogP contribution in [-0.4, -0.2) is 6.61 Å². The molecule has 0 saturated carbocycles. The standard InChI is InChI=1S/C32H38F2O/c1-3-5-7-8-12-23-35-30-21-20-26-25-16-13-17-29(27(25)18-19-28(26)31(30)33)32(34)22-11-10-15-24(32)14-9-6-4-2/h10-11,13,15-22,24H,3-9,12,14,23H2,1-2H3. The molecule has 3 heteroatoms. The van der Waals surface area contributed by atoms with Gasteiger partial charge in [-0.1, -0.05) is 107 Å². The van der Waals surface area contributed by atoms with E-state index in [-0.39, 0.29) is 11.7 Å². The molecule has 0 saturated heterocycles. The first kappa shape index (κ1) is 25.4. The van der Waals surface area contributed by atoms with Gasteiger partial charge in [0.1, 0.15) is 0 Å². The van der Waals surface area contributed by atoms with Crippen LogP contribution in [0.1, 0.15) is 77.2 Å². The van der Waals surface area contributed by atoms with E-state index in [0.717, 1.165) is 54.7 Å². The molecule has 0 fully saturated rings. The third-order valence-electron chi connectivity index (χ3n) is 7.33. The van der Waals surface area contributed by atoms with Gasteiger partial charge in [0.2, 0.25) is 0 Å². The monoisotopic (exact) mass is 476 g/mol. The van der Waals surface area contributed by atoms with Crippen molar-refractivity contribution in [2.75, 3.05) is 6.61 Å². The predicted molar refractivity (Wildman–Crippen MR) is 144 cm³/mol. The first-order valence-electron chi connectivity index (χ1n) is 13.4. The minimum atomic E-state index is -1.57. The van der Waals surface area contributed by atoms with Gasteiger partial charge in [0.25, 0.3) is 0 Å². The van der Waals surface area contributed by atoms with Crippen LogP contribution >= 0.6 is 0 Å². The highest BCUT2D eigenvalue weighted by Crippen LogP contribution is 2.45. The highest BCUT2D eigenvalue weighted by atomic mass is 19.1. The van der Waals surface area contributed by atoms with Gasteiger partial charge in [-0.3, -0.25) is 0 Å². The first-order valence-corrected chi connectivity index (χ1v) is 13.4. The van der Waals surface area contributed by atoms with Crippen LogP contribution in [0, 0.1) is 11.7 Å². The summed E-state index contributed by atoms with van der Waals surface area (Å²) < 4.78 is 37.8. The molecule has 186 valence electrons. The molecule has 3 aromatic carbocycles. The summed E-state index contributed by atoms with van der Waals surface area (Å²) in [5.74, 6) is -0.247. The number of hydrogen-bond acceptors (Lipinski definition) is 1. The Hall–Kier alpha value is -2.68. The molecule has 1 aliphatic rings. The first-order chi connectivity index (χ1) is 17.1. The van der Waals surface area contributed by atoms with E-state index in [9.17, 15) is 0 Å². The molecule has 1 aliphatic carbocycles. The second-order valence-electron chi connectivity index (χ2n) is 9.82. The molecule has 35 heavy (non-hydrogen) atoms. The van der Waals surface area contributed by atoms with Crippen LogP contribution in [0.2, 0.25) is 0 Å². The van der Waals surface area contributed by atoms with Crippen LogP contribution in [0.4, 0.5) is 8.78 Å². The SMILES string of the molecule is CCCCCCCOc1ccc2c(ccc3c(C4(F)C=CC=CC4CCCCC)cccc32)c1F. The van der Waals surface area contributed by atoms with Crippen molar-refractivity contribution in [1.82, 2.24) is 0 Å². The number of alkyl halides is 1. The average molecular weight is 477 g/mol. The molecule has 0 aromatic heterocycles. The van der Waals surface area contributed by atoms with Crippen LogP contribution in [0.3, 0.4) is 0 Å². The summed E-state index contributed by atoms with van der Waals surface area (Å²) in [5, 5.41) is 3.02. The lowest BCUT2D eigenvalue weighted by Gasteiger charge is -2.33. The van der Waals surface area contributed by atoms with Crippen molar-refractivity contribution in [3.63, 3.8) is 0 Å². The molecular formula is C32H38F2O. The van der Waals surface area contributed by atoms with Crippen LogP contribution in [-0.2, 0) is 5.67 Å². The fourth-order valence-corrected chi connectivity index (χ4v) is 5.32. The second kappa shape index (κ2) is 11.8. The fraction of sp³-hybridized carbons (Fsp3) is 0.438. The van der Waals surface area contributed by atoms with E-state index in [1.165, 1.54) is 19.3 Å². The number of ether oxygens (including phenoxy) is 1. The molecule has 4 rings (SSSR count). The molecule has 0 N–H and O–H groups in total. The molecule has 0 heterocycles. The van der Waals surface area contributed by atoms with Crippen molar-refractivity contribution >= 4 is 21.5 Å². The van der Waals surface area contributed by atoms with Gasteiger partial charge in [-0.05, 0) is 47.2 Å². The van der Waals surface area contributed by atoms with Gasteiger partial charge in [0, 0.05) is 16.9 Å². The van der Waals surface area contributed by atoms with Crippen LogP contribution in [0.5, 0.6) is 5.75 Å². The summed E-state index contributed by atoms with van der Waals surface area (Å²) in [4.78, 5) is 0. The topological polar surface area (TPSA) is 9.23 Å². The van der Waals surface area contributed by atoms with Crippen molar-refractivity contribution in [2.45, 2.75) is 77.3 Å². The Balaban J connectivity index is 1.64. The Bertz CT molecular complexity index is 1200. The van der Waals surface area contributed by atoms with Crippen LogP contribution in [0.25, 0.3) is 21.5 Å². The number of allylic oxidation sites excluding steroid dienone is 4. The summed E-state index contributed by atoms with van der Waals surface area (Å²) in [6.07, 6.45) is 17.1. The number of halogens is 2. The average Bonchev–Trinajstić information content (AvgIpc) is 2.88. The number of unbranched alkanes of at least 4 members (excludes halogenated alkanes) is 6. The highest BCUT2D eigenvalue weighted by molar-refractivity contribution is 6.09. The summed E-state index contributed by atoms with van der Waals surface area (Å²) in [6.45, 7) is 4.88. The molecule has 0 aliphatic heterocycles. The van der Waals surface area contributed by atoms with Crippen molar-refractivity contribution in [1.29, 1.82) is 0 Å². The van der Waals surface area contributed by atoms with Gasteiger partial charge in [-0.15, -0.1) is 0 Å². The number of benzene rings is 3. The Morgan fingerprint density at radius 2 is 1.49 bits per heavy atom. The van der Waals surface area contributed by atoms with E-state index in [2.05, 4.69) is 13.8 Å². The summed E-state index contributed by atoms with van der Waals surface area (Å²) in [6, 6.07) is 13.0. The molecule has 0 bridgehead atoms. The largest absolute Gasteiger partial charge is 0.490 e. The number of hydrogen-bond donors (Lipinski definition) is 0. The predicted octanol–water partition coefficient (Wildman–Crippen LogP) is 9.97. The summed E-state index contributed by atoms with van der Waals surface area (Å²) >= 11 is 0. The summed E-state index contributed by atoms with van der Waals surface area (Å²) in [5.41, 5.74) is -0.915. The van der Waals surface area contributed by atoms with Gasteiger partial charge >= 0.3 is 0 Å². The zero-order chi connectivity index (χ0) is 24.7. The van der Waals surface area contributed by atoms with E-state index in [1.54, 1.807) is 18.2 Å². The van der Waals surface area contributed by atoms with Crippen LogP contribution in [0.15, 0.2) is 66.8 Å². The Kier molecular flexibility index (Phi) is 8.59. The minimum absolute atomic E-state index is 0.204. The normalized spacial score (nSPS) is 19.6. The highest BCUT2D eigenvalue weighted by Gasteiger charge is 2.39.